The molecular weight excluding hydrogens is 267 g/mol. The van der Waals surface area contributed by atoms with Crippen molar-refractivity contribution in [3.8, 4) is 0 Å². The predicted octanol–water partition coefficient (Wildman–Crippen LogP) is 3.08. The van der Waals surface area contributed by atoms with Gasteiger partial charge in [-0.3, -0.25) is 4.98 Å². The molecule has 0 aliphatic heterocycles. The van der Waals surface area contributed by atoms with Gasteiger partial charge in [0.2, 0.25) is 0 Å². The van der Waals surface area contributed by atoms with Gasteiger partial charge in [0.25, 0.3) is 0 Å². The number of carboxylic acids is 1. The van der Waals surface area contributed by atoms with Gasteiger partial charge in [-0.25, -0.2) is 14.2 Å². The van der Waals surface area contributed by atoms with E-state index in [9.17, 15) is 9.18 Å². The molecule has 4 nitrogen and oxygen atoms in total. The fraction of sp³-hybridized carbons (Fsp3) is 0.154. The van der Waals surface area contributed by atoms with Gasteiger partial charge in [0.15, 0.2) is 0 Å². The Kier molecular flexibility index (Phi) is 3.80. The molecule has 1 heterocycles. The van der Waals surface area contributed by atoms with Gasteiger partial charge >= 0.3 is 5.97 Å². The van der Waals surface area contributed by atoms with Gasteiger partial charge in [0.05, 0.1) is 17.0 Å². The average molecular weight is 278 g/mol. The zero-order valence-electron chi connectivity index (χ0n) is 10.3. The van der Waals surface area contributed by atoms with Crippen LogP contribution in [0.25, 0.3) is 0 Å². The van der Waals surface area contributed by atoms with E-state index < -0.39 is 11.8 Å². The van der Waals surface area contributed by atoms with E-state index in [-0.39, 0.29) is 5.56 Å². The van der Waals surface area contributed by atoms with Crippen LogP contribution in [-0.2, 0) is 0 Å². The van der Waals surface area contributed by atoms with Crippen molar-refractivity contribution in [2.75, 3.05) is 0 Å². The Morgan fingerprint density at radius 2 is 2.11 bits per heavy atom. The lowest BCUT2D eigenvalue weighted by molar-refractivity contribution is 0.0691. The second-order valence-corrected chi connectivity index (χ2v) is 5.01. The van der Waals surface area contributed by atoms with Crippen LogP contribution < -0.4 is 0 Å². The maximum absolute atomic E-state index is 13.3. The van der Waals surface area contributed by atoms with E-state index in [1.54, 1.807) is 6.20 Å². The standard InChI is InChI=1S/C13H11FN2O2S/c1-7-6-15-8(2)12(16-7)19-9-3-4-11(14)10(5-9)13(17)18/h3-6H,1-2H3,(H,17,18). The zero-order valence-corrected chi connectivity index (χ0v) is 11.2. The topological polar surface area (TPSA) is 63.1 Å². The first-order valence-corrected chi connectivity index (χ1v) is 6.30. The van der Waals surface area contributed by atoms with Crippen LogP contribution in [0.2, 0.25) is 0 Å². The van der Waals surface area contributed by atoms with E-state index in [1.807, 2.05) is 13.8 Å². The highest BCUT2D eigenvalue weighted by atomic mass is 32.2. The largest absolute Gasteiger partial charge is 0.478 e. The number of rotatable bonds is 3. The van der Waals surface area contributed by atoms with Crippen molar-refractivity contribution in [2.45, 2.75) is 23.8 Å². The Hall–Kier alpha value is -1.95. The van der Waals surface area contributed by atoms with Crippen LogP contribution in [0.15, 0.2) is 34.3 Å². The third-order valence-corrected chi connectivity index (χ3v) is 3.48. The van der Waals surface area contributed by atoms with Crippen LogP contribution in [0.4, 0.5) is 4.39 Å². The summed E-state index contributed by atoms with van der Waals surface area (Å²) in [5.74, 6) is -2.03. The molecule has 1 aromatic carbocycles. The average Bonchev–Trinajstić information content (AvgIpc) is 2.36. The molecule has 2 rings (SSSR count). The summed E-state index contributed by atoms with van der Waals surface area (Å²) in [6, 6.07) is 3.96. The fourth-order valence-electron chi connectivity index (χ4n) is 1.46. The van der Waals surface area contributed by atoms with E-state index in [2.05, 4.69) is 9.97 Å². The quantitative estimate of drug-likeness (QED) is 0.934. The van der Waals surface area contributed by atoms with Crippen molar-refractivity contribution < 1.29 is 14.3 Å². The lowest BCUT2D eigenvalue weighted by atomic mass is 10.2. The number of hydrogen-bond acceptors (Lipinski definition) is 4. The summed E-state index contributed by atoms with van der Waals surface area (Å²) >= 11 is 1.27. The Labute approximate surface area is 113 Å². The number of carbonyl (C=O) groups is 1. The Bertz CT molecular complexity index is 647. The molecule has 6 heteroatoms. The first kappa shape index (κ1) is 13.5. The minimum Gasteiger partial charge on any atom is -0.478 e. The zero-order chi connectivity index (χ0) is 14.0. The summed E-state index contributed by atoms with van der Waals surface area (Å²) in [5, 5.41) is 9.56. The first-order valence-electron chi connectivity index (χ1n) is 5.48. The molecule has 0 aliphatic carbocycles. The molecule has 0 saturated carbocycles. The summed E-state index contributed by atoms with van der Waals surface area (Å²) in [6.07, 6.45) is 1.66. The van der Waals surface area contributed by atoms with Crippen molar-refractivity contribution in [1.82, 2.24) is 9.97 Å². The van der Waals surface area contributed by atoms with Gasteiger partial charge in [0, 0.05) is 11.1 Å². The van der Waals surface area contributed by atoms with Crippen molar-refractivity contribution >= 4 is 17.7 Å². The lowest BCUT2D eigenvalue weighted by Gasteiger charge is -2.06. The van der Waals surface area contributed by atoms with Crippen LogP contribution >= 0.6 is 11.8 Å². The van der Waals surface area contributed by atoms with Crippen molar-refractivity contribution in [2.24, 2.45) is 0 Å². The number of benzene rings is 1. The number of aromatic nitrogens is 2. The van der Waals surface area contributed by atoms with Crippen LogP contribution in [0, 0.1) is 19.7 Å². The first-order chi connectivity index (χ1) is 8.97. The summed E-state index contributed by atoms with van der Waals surface area (Å²) in [6.45, 7) is 3.64. The predicted molar refractivity (Wildman–Crippen MR) is 69.0 cm³/mol. The number of aromatic carboxylic acids is 1. The van der Waals surface area contributed by atoms with Gasteiger partial charge in [-0.2, -0.15) is 0 Å². The van der Waals surface area contributed by atoms with Crippen LogP contribution in [0.5, 0.6) is 0 Å². The molecule has 0 aliphatic rings. The van der Waals surface area contributed by atoms with Crippen LogP contribution in [0.1, 0.15) is 21.7 Å². The summed E-state index contributed by atoms with van der Waals surface area (Å²) in [4.78, 5) is 20.0. The summed E-state index contributed by atoms with van der Waals surface area (Å²) < 4.78 is 13.3. The molecule has 0 spiro atoms. The molecular formula is C13H11FN2O2S. The summed E-state index contributed by atoms with van der Waals surface area (Å²) in [7, 11) is 0. The van der Waals surface area contributed by atoms with Gasteiger partial charge in [-0.15, -0.1) is 0 Å². The number of halogens is 1. The maximum Gasteiger partial charge on any atom is 0.338 e. The molecule has 98 valence electrons. The van der Waals surface area contributed by atoms with Crippen molar-refractivity contribution in [1.29, 1.82) is 0 Å². The number of hydrogen-bond donors (Lipinski definition) is 1. The number of aryl methyl sites for hydroxylation is 2. The highest BCUT2D eigenvalue weighted by Gasteiger charge is 2.12. The Balaban J connectivity index is 2.36. The van der Waals surface area contributed by atoms with Gasteiger partial charge < -0.3 is 5.11 Å². The molecule has 0 amide bonds. The third-order valence-electron chi connectivity index (χ3n) is 2.42. The summed E-state index contributed by atoms with van der Waals surface area (Å²) in [5.41, 5.74) is 1.17. The molecule has 1 aromatic heterocycles. The molecule has 0 fully saturated rings. The fourth-order valence-corrected chi connectivity index (χ4v) is 2.38. The van der Waals surface area contributed by atoms with E-state index >= 15 is 0 Å². The second-order valence-electron chi connectivity index (χ2n) is 3.95. The number of carboxylic acid groups (broad SMARTS) is 1. The monoisotopic (exact) mass is 278 g/mol. The highest BCUT2D eigenvalue weighted by Crippen LogP contribution is 2.29. The molecule has 0 unspecified atom stereocenters. The minimum absolute atomic E-state index is 0.344. The lowest BCUT2D eigenvalue weighted by Crippen LogP contribution is -2.00. The Morgan fingerprint density at radius 1 is 1.37 bits per heavy atom. The SMILES string of the molecule is Cc1cnc(C)c(Sc2ccc(F)c(C(=O)O)c2)n1. The van der Waals surface area contributed by atoms with Gasteiger partial charge in [0.1, 0.15) is 10.8 Å². The Morgan fingerprint density at radius 3 is 2.79 bits per heavy atom. The normalized spacial score (nSPS) is 10.5. The molecule has 0 saturated heterocycles. The number of nitrogens with zero attached hydrogens (tertiary/aromatic N) is 2. The third kappa shape index (κ3) is 3.08. The smallest absolute Gasteiger partial charge is 0.338 e. The van der Waals surface area contributed by atoms with Crippen molar-refractivity contribution in [3.05, 3.63) is 47.2 Å². The minimum atomic E-state index is -1.29. The van der Waals surface area contributed by atoms with Gasteiger partial charge in [-0.1, -0.05) is 11.8 Å². The van der Waals surface area contributed by atoms with E-state index in [4.69, 9.17) is 5.11 Å². The van der Waals surface area contributed by atoms with E-state index in [1.165, 1.54) is 23.9 Å². The van der Waals surface area contributed by atoms with Crippen molar-refractivity contribution in [3.63, 3.8) is 0 Å². The maximum atomic E-state index is 13.3. The molecule has 2 aromatic rings. The van der Waals surface area contributed by atoms with Crippen LogP contribution in [0.3, 0.4) is 0 Å². The van der Waals surface area contributed by atoms with E-state index in [0.29, 0.717) is 9.92 Å². The molecule has 0 atom stereocenters. The van der Waals surface area contributed by atoms with Gasteiger partial charge in [-0.05, 0) is 32.0 Å². The molecule has 0 radical (unpaired) electrons. The molecule has 19 heavy (non-hydrogen) atoms. The highest BCUT2D eigenvalue weighted by molar-refractivity contribution is 7.99. The molecule has 0 bridgehead atoms. The second kappa shape index (κ2) is 5.36. The van der Waals surface area contributed by atoms with Crippen LogP contribution in [-0.4, -0.2) is 21.0 Å². The molecule has 1 N–H and O–H groups in total. The van der Waals surface area contributed by atoms with E-state index in [0.717, 1.165) is 17.5 Å².